The lowest BCUT2D eigenvalue weighted by Crippen LogP contribution is -2.42. The predicted molar refractivity (Wildman–Crippen MR) is 110 cm³/mol. The van der Waals surface area contributed by atoms with Crippen LogP contribution in [0.4, 0.5) is 14.5 Å². The van der Waals surface area contributed by atoms with Crippen molar-refractivity contribution in [2.24, 2.45) is 17.8 Å². The molecule has 2 aliphatic rings. The Kier molecular flexibility index (Phi) is 6.97. The van der Waals surface area contributed by atoms with Crippen molar-refractivity contribution >= 4 is 21.4 Å². The predicted octanol–water partition coefficient (Wildman–Crippen LogP) is 5.44. The minimum atomic E-state index is -3.40. The molecule has 1 aromatic rings. The quantitative estimate of drug-likeness (QED) is 0.637. The van der Waals surface area contributed by atoms with Crippen molar-refractivity contribution in [2.45, 2.75) is 75.5 Å². The molecule has 2 aliphatic carbocycles. The largest absolute Gasteiger partial charge is 0.326 e. The van der Waals surface area contributed by atoms with Crippen LogP contribution in [0.5, 0.6) is 0 Å². The Bertz CT molecular complexity index is 817. The van der Waals surface area contributed by atoms with Crippen LogP contribution in [0.15, 0.2) is 29.2 Å². The Morgan fingerprint density at radius 3 is 2.48 bits per heavy atom. The molecule has 2 fully saturated rings. The lowest BCUT2D eigenvalue weighted by Gasteiger charge is -2.39. The van der Waals surface area contributed by atoms with Gasteiger partial charge in [0.25, 0.3) is 0 Å². The minimum Gasteiger partial charge on any atom is -0.326 e. The maximum atomic E-state index is 14.2. The average molecular weight is 428 g/mol. The summed E-state index contributed by atoms with van der Waals surface area (Å²) < 4.78 is 52.6. The van der Waals surface area contributed by atoms with Gasteiger partial charge in [-0.15, -0.1) is 0 Å². The summed E-state index contributed by atoms with van der Waals surface area (Å²) in [5.74, 6) is -3.73. The first-order chi connectivity index (χ1) is 13.7. The smallest absolute Gasteiger partial charge is 0.248 e. The minimum absolute atomic E-state index is 0.0321. The Balaban J connectivity index is 1.79. The topological polar surface area (TPSA) is 63.2 Å². The molecule has 2 unspecified atom stereocenters. The van der Waals surface area contributed by atoms with Crippen molar-refractivity contribution in [2.75, 3.05) is 11.1 Å². The van der Waals surface area contributed by atoms with Crippen molar-refractivity contribution in [3.8, 4) is 0 Å². The fourth-order valence-electron chi connectivity index (χ4n) is 4.91. The van der Waals surface area contributed by atoms with E-state index in [1.165, 1.54) is 25.0 Å². The molecule has 2 saturated carbocycles. The molecule has 0 bridgehead atoms. The second-order valence-electron chi connectivity index (χ2n) is 8.54. The number of hydrogen-bond donors (Lipinski definition) is 1. The Morgan fingerprint density at radius 1 is 1.14 bits per heavy atom. The molecule has 1 N–H and O–H groups in total. The maximum absolute atomic E-state index is 14.2. The van der Waals surface area contributed by atoms with E-state index in [9.17, 15) is 22.0 Å². The van der Waals surface area contributed by atoms with Gasteiger partial charge >= 0.3 is 0 Å². The number of hydrogen-bond acceptors (Lipinski definition) is 3. The number of rotatable bonds is 5. The molecule has 2 atom stereocenters. The highest BCUT2D eigenvalue weighted by atomic mass is 32.2. The van der Waals surface area contributed by atoms with Crippen LogP contribution in [0.3, 0.4) is 0 Å². The van der Waals surface area contributed by atoms with Gasteiger partial charge in [-0.25, -0.2) is 17.2 Å². The molecule has 0 spiro atoms. The first kappa shape index (κ1) is 22.2. The lowest BCUT2D eigenvalue weighted by molar-refractivity contribution is -0.134. The van der Waals surface area contributed by atoms with Gasteiger partial charge in [-0.1, -0.05) is 51.5 Å². The summed E-state index contributed by atoms with van der Waals surface area (Å²) in [4.78, 5) is 13.2. The summed E-state index contributed by atoms with van der Waals surface area (Å²) in [6.07, 6.45) is 6.36. The van der Waals surface area contributed by atoms with Gasteiger partial charge in [0.1, 0.15) is 0 Å². The molecule has 0 aromatic heterocycles. The highest BCUT2D eigenvalue weighted by molar-refractivity contribution is 7.91. The molecule has 4 nitrogen and oxygen atoms in total. The van der Waals surface area contributed by atoms with Crippen LogP contribution < -0.4 is 5.32 Å². The first-order valence-electron chi connectivity index (χ1n) is 10.7. The highest BCUT2D eigenvalue weighted by Gasteiger charge is 2.46. The second-order valence-corrected chi connectivity index (χ2v) is 10.8. The van der Waals surface area contributed by atoms with E-state index in [2.05, 4.69) is 5.32 Å². The molecule has 162 valence electrons. The van der Waals surface area contributed by atoms with Crippen LogP contribution in [0.25, 0.3) is 0 Å². The summed E-state index contributed by atoms with van der Waals surface area (Å²) in [7, 11) is -3.40. The number of benzene rings is 1. The standard InChI is InChI=1S/C22H31F2NO3S/c1-2-29(27,28)18-11-7-10-17(14-18)25-21(26)20-15-22(23,24)13-12-19(20)16-8-5-3-4-6-9-16/h7,10-11,14,16,19-20H,2-6,8-9,12-13,15H2,1H3,(H,25,26). The summed E-state index contributed by atoms with van der Waals surface area (Å²) in [5.41, 5.74) is 0.345. The van der Waals surface area contributed by atoms with Crippen LogP contribution in [-0.2, 0) is 14.6 Å². The monoisotopic (exact) mass is 427 g/mol. The summed E-state index contributed by atoms with van der Waals surface area (Å²) in [5, 5.41) is 2.73. The zero-order valence-electron chi connectivity index (χ0n) is 17.0. The molecule has 0 heterocycles. The van der Waals surface area contributed by atoms with Gasteiger partial charge in [0, 0.05) is 24.4 Å². The van der Waals surface area contributed by atoms with E-state index in [0.717, 1.165) is 25.7 Å². The van der Waals surface area contributed by atoms with Crippen LogP contribution in [0.2, 0.25) is 0 Å². The number of nitrogens with one attached hydrogen (secondary N) is 1. The Labute approximate surface area is 172 Å². The third-order valence-electron chi connectivity index (χ3n) is 6.56. The van der Waals surface area contributed by atoms with Crippen molar-refractivity contribution in [1.29, 1.82) is 0 Å². The van der Waals surface area contributed by atoms with E-state index in [1.54, 1.807) is 19.1 Å². The third kappa shape index (κ3) is 5.56. The number of sulfone groups is 1. The number of carbonyl (C=O) groups excluding carboxylic acids is 1. The van der Waals surface area contributed by atoms with Crippen LogP contribution in [0.1, 0.15) is 64.7 Å². The third-order valence-corrected chi connectivity index (χ3v) is 8.29. The normalized spacial score (nSPS) is 25.9. The second kappa shape index (κ2) is 9.11. The van der Waals surface area contributed by atoms with Crippen molar-refractivity contribution in [3.05, 3.63) is 24.3 Å². The molecule has 0 aliphatic heterocycles. The number of halogens is 2. The van der Waals surface area contributed by atoms with Crippen LogP contribution in [0, 0.1) is 17.8 Å². The maximum Gasteiger partial charge on any atom is 0.248 e. The molecule has 1 aromatic carbocycles. The van der Waals surface area contributed by atoms with Crippen LogP contribution in [-0.4, -0.2) is 26.0 Å². The SMILES string of the molecule is CCS(=O)(=O)c1cccc(NC(=O)C2CC(F)(F)CCC2C2CCCCCC2)c1. The molecule has 0 saturated heterocycles. The molecule has 29 heavy (non-hydrogen) atoms. The van der Waals surface area contributed by atoms with Gasteiger partial charge in [0.05, 0.1) is 10.6 Å². The van der Waals surface area contributed by atoms with Gasteiger partial charge < -0.3 is 5.32 Å². The number of amides is 1. The Hall–Kier alpha value is -1.50. The highest BCUT2D eigenvalue weighted by Crippen LogP contribution is 2.46. The molecule has 3 rings (SSSR count). The molecule has 0 radical (unpaired) electrons. The zero-order chi connectivity index (χ0) is 21.1. The van der Waals surface area contributed by atoms with Gasteiger partial charge in [-0.2, -0.15) is 0 Å². The molecular formula is C22H31F2NO3S. The lowest BCUT2D eigenvalue weighted by atomic mass is 9.68. The molecule has 7 heteroatoms. The summed E-state index contributed by atoms with van der Waals surface area (Å²) in [6.45, 7) is 1.56. The number of carbonyl (C=O) groups is 1. The zero-order valence-corrected chi connectivity index (χ0v) is 17.8. The van der Waals surface area contributed by atoms with E-state index in [0.29, 0.717) is 18.0 Å². The van der Waals surface area contributed by atoms with Crippen molar-refractivity contribution in [1.82, 2.24) is 0 Å². The summed E-state index contributed by atoms with van der Waals surface area (Å²) in [6, 6.07) is 6.07. The fourth-order valence-corrected chi connectivity index (χ4v) is 5.84. The van der Waals surface area contributed by atoms with Gasteiger partial charge in [0.15, 0.2) is 9.84 Å². The average Bonchev–Trinajstić information content (AvgIpc) is 2.97. The van der Waals surface area contributed by atoms with Gasteiger partial charge in [-0.3, -0.25) is 4.79 Å². The van der Waals surface area contributed by atoms with Gasteiger partial charge in [-0.05, 0) is 36.5 Å². The number of anilines is 1. The molecular weight excluding hydrogens is 396 g/mol. The number of alkyl halides is 2. The van der Waals surface area contributed by atoms with Crippen molar-refractivity contribution < 1.29 is 22.0 Å². The fraction of sp³-hybridized carbons (Fsp3) is 0.682. The Morgan fingerprint density at radius 2 is 1.83 bits per heavy atom. The first-order valence-corrected chi connectivity index (χ1v) is 12.4. The summed E-state index contributed by atoms with van der Waals surface area (Å²) >= 11 is 0. The van der Waals surface area contributed by atoms with E-state index in [1.807, 2.05) is 0 Å². The molecule has 1 amide bonds. The van der Waals surface area contributed by atoms with E-state index < -0.39 is 34.0 Å². The van der Waals surface area contributed by atoms with E-state index >= 15 is 0 Å². The van der Waals surface area contributed by atoms with E-state index in [4.69, 9.17) is 0 Å². The van der Waals surface area contributed by atoms with E-state index in [-0.39, 0.29) is 23.0 Å². The van der Waals surface area contributed by atoms with Gasteiger partial charge in [0.2, 0.25) is 11.8 Å². The van der Waals surface area contributed by atoms with Crippen molar-refractivity contribution in [3.63, 3.8) is 0 Å². The van der Waals surface area contributed by atoms with Crippen LogP contribution >= 0.6 is 0 Å².